The quantitative estimate of drug-likeness (QED) is 0.192. The Morgan fingerprint density at radius 3 is 1.58 bits per heavy atom. The number of fused-ring (bicyclic) bond motifs is 9. The average Bonchev–Trinajstić information content (AvgIpc) is 4.05. The van der Waals surface area contributed by atoms with E-state index in [2.05, 4.69) is 10.6 Å². The molecule has 5 fully saturated rings. The molecular formula is C57H72N2O12. The van der Waals surface area contributed by atoms with Crippen LogP contribution in [0.5, 0.6) is 0 Å². The Bertz CT molecular complexity index is 2650. The van der Waals surface area contributed by atoms with Gasteiger partial charge >= 0.3 is 0 Å². The summed E-state index contributed by atoms with van der Waals surface area (Å²) in [6.45, 7) is 20.9. The van der Waals surface area contributed by atoms with Crippen LogP contribution in [0, 0.1) is 87.3 Å². The fraction of sp³-hybridized carbons (Fsp3) is 0.684. The summed E-state index contributed by atoms with van der Waals surface area (Å²) >= 11 is 0. The second-order valence-corrected chi connectivity index (χ2v) is 24.6. The largest absolute Gasteiger partial charge is 0.385 e. The third-order valence-electron chi connectivity index (χ3n) is 20.0. The molecule has 4 heterocycles. The molecule has 6 aliphatic carbocycles. The number of rotatable bonds is 4. The van der Waals surface area contributed by atoms with Crippen LogP contribution in [0.4, 0.5) is 0 Å². The summed E-state index contributed by atoms with van der Waals surface area (Å²) < 4.78 is 6.96. The van der Waals surface area contributed by atoms with Crippen molar-refractivity contribution >= 4 is 46.5 Å². The highest BCUT2D eigenvalue weighted by atomic mass is 16.5. The molecule has 4 saturated heterocycles. The number of ether oxygens (including phenoxy) is 1. The molecule has 10 rings (SSSR count). The van der Waals surface area contributed by atoms with Crippen molar-refractivity contribution in [2.75, 3.05) is 0 Å². The molecule has 14 heteroatoms. The minimum atomic E-state index is -3.26. The number of carbonyl (C=O) groups is 8. The van der Waals surface area contributed by atoms with Gasteiger partial charge in [-0.25, -0.2) is 0 Å². The highest BCUT2D eigenvalue weighted by Gasteiger charge is 2.88. The molecule has 4 aliphatic heterocycles. The van der Waals surface area contributed by atoms with Crippen LogP contribution in [0.15, 0.2) is 57.7 Å². The van der Waals surface area contributed by atoms with Crippen LogP contribution < -0.4 is 10.6 Å². The number of hydrogen-bond acceptors (Lipinski definition) is 12. The first-order chi connectivity index (χ1) is 33.3. The minimum Gasteiger partial charge on any atom is -0.385 e. The molecule has 14 nitrogen and oxygen atoms in total. The number of hydrogen-bond donors (Lipinski definition) is 5. The lowest BCUT2D eigenvalue weighted by atomic mass is 9.46. The van der Waals surface area contributed by atoms with Gasteiger partial charge in [0.05, 0.1) is 41.3 Å². The fourth-order valence-corrected chi connectivity index (χ4v) is 17.0. The van der Waals surface area contributed by atoms with Crippen molar-refractivity contribution in [3.63, 3.8) is 0 Å². The molecule has 1 saturated carbocycles. The molecule has 0 aromatic heterocycles. The number of Topliss-reactive ketones (excluding diaryl/α,β-unsaturated/α-hetero) is 6. The molecule has 5 N–H and O–H groups in total. The summed E-state index contributed by atoms with van der Waals surface area (Å²) in [7, 11) is 0. The van der Waals surface area contributed by atoms with Crippen LogP contribution in [0.2, 0.25) is 0 Å². The van der Waals surface area contributed by atoms with Crippen LogP contribution >= 0.6 is 0 Å². The predicted octanol–water partition coefficient (Wildman–Crippen LogP) is 4.63. The van der Waals surface area contributed by atoms with Gasteiger partial charge in [-0.1, -0.05) is 88.1 Å². The molecule has 71 heavy (non-hydrogen) atoms. The lowest BCUT2D eigenvalue weighted by Crippen LogP contribution is -2.65. The SMILES string of the molecule is CC1=C[C@@H]2/C=C(/C)CC[C@@H](O)C(=O)[C@@H]3[C@@H](C(=O)[C@]24C(=O)N[C@@H](CC(C)C)[C@@H]4[C@@H]1C)C12C(=O)C3(O)C(=O)C(C)=C1[C@H]1OC2[C@@H]2C(=O)[C@@]34C(=O)N[C@@H](CC(C)C)[C@@H]3[C@H](C)C(C)=C[C@@H]4/C=C(\C)CC[C@@H](O)C(=O)[C@@H]12. The summed E-state index contributed by atoms with van der Waals surface area (Å²) in [6, 6.07) is -1.05. The summed E-state index contributed by atoms with van der Waals surface area (Å²) in [4.78, 5) is 127. The number of ketones is 6. The second kappa shape index (κ2) is 16.5. The summed E-state index contributed by atoms with van der Waals surface area (Å²) in [5, 5.41) is 43.5. The highest BCUT2D eigenvalue weighted by molar-refractivity contribution is 6.31. The van der Waals surface area contributed by atoms with Gasteiger partial charge in [-0.05, 0) is 108 Å². The second-order valence-electron chi connectivity index (χ2n) is 24.6. The number of carbonyl (C=O) groups excluding carboxylic acids is 8. The molecule has 10 aliphatic rings. The third-order valence-corrected chi connectivity index (χ3v) is 20.0. The number of amides is 2. The maximum Gasteiger partial charge on any atom is 0.235 e. The van der Waals surface area contributed by atoms with E-state index in [1.54, 1.807) is 6.92 Å². The lowest BCUT2D eigenvalue weighted by molar-refractivity contribution is -0.161. The van der Waals surface area contributed by atoms with Crippen LogP contribution in [-0.4, -0.2) is 104 Å². The van der Waals surface area contributed by atoms with Gasteiger partial charge in [0, 0.05) is 35.8 Å². The molecule has 0 aromatic rings. The van der Waals surface area contributed by atoms with E-state index in [9.17, 15) is 15.3 Å². The predicted molar refractivity (Wildman–Crippen MR) is 258 cm³/mol. The van der Waals surface area contributed by atoms with Gasteiger partial charge < -0.3 is 30.7 Å². The van der Waals surface area contributed by atoms with Gasteiger partial charge in [0.1, 0.15) is 23.0 Å². The van der Waals surface area contributed by atoms with Crippen molar-refractivity contribution < 1.29 is 58.4 Å². The van der Waals surface area contributed by atoms with E-state index in [1.165, 1.54) is 6.92 Å². The first kappa shape index (κ1) is 50.1. The smallest absolute Gasteiger partial charge is 0.235 e. The molecule has 3 spiro atoms. The van der Waals surface area contributed by atoms with Crippen molar-refractivity contribution in [1.29, 1.82) is 0 Å². The van der Waals surface area contributed by atoms with E-state index < -0.39 is 158 Å². The Balaban J connectivity index is 1.28. The van der Waals surface area contributed by atoms with Crippen molar-refractivity contribution in [2.24, 2.45) is 87.3 Å². The molecule has 0 radical (unpaired) electrons. The Morgan fingerprint density at radius 2 is 1.10 bits per heavy atom. The number of nitrogens with one attached hydrogen (secondary N) is 2. The van der Waals surface area contributed by atoms with Gasteiger partial charge in [-0.2, -0.15) is 0 Å². The zero-order valence-corrected chi connectivity index (χ0v) is 43.0. The first-order valence-corrected chi connectivity index (χ1v) is 26.3. The summed E-state index contributed by atoms with van der Waals surface area (Å²) in [6.07, 6.45) is 1.69. The number of aliphatic hydroxyl groups is 3. The molecule has 20 atom stereocenters. The Hall–Kier alpha value is -4.50. The maximum absolute atomic E-state index is 17.2. The van der Waals surface area contributed by atoms with Crippen LogP contribution in [-0.2, 0) is 43.1 Å². The van der Waals surface area contributed by atoms with Crippen molar-refractivity contribution in [2.45, 2.75) is 157 Å². The van der Waals surface area contributed by atoms with Crippen molar-refractivity contribution in [1.82, 2.24) is 10.6 Å². The Morgan fingerprint density at radius 1 is 0.634 bits per heavy atom. The van der Waals surface area contributed by atoms with Crippen LogP contribution in [0.1, 0.15) is 115 Å². The third kappa shape index (κ3) is 6.13. The van der Waals surface area contributed by atoms with Crippen molar-refractivity contribution in [3.8, 4) is 0 Å². The van der Waals surface area contributed by atoms with Gasteiger partial charge in [0.2, 0.25) is 11.8 Å². The van der Waals surface area contributed by atoms with E-state index in [-0.39, 0.29) is 54.6 Å². The Kier molecular flexibility index (Phi) is 11.6. The molecular weight excluding hydrogens is 905 g/mol. The summed E-state index contributed by atoms with van der Waals surface area (Å²) in [5.74, 6) is -18.6. The van der Waals surface area contributed by atoms with E-state index in [1.807, 2.05) is 86.6 Å². The average molecular weight is 977 g/mol. The molecule has 4 bridgehead atoms. The van der Waals surface area contributed by atoms with Crippen LogP contribution in [0.25, 0.3) is 0 Å². The number of aliphatic hydroxyl groups excluding tert-OH is 2. The van der Waals surface area contributed by atoms with E-state index >= 15 is 38.4 Å². The van der Waals surface area contributed by atoms with E-state index in [0.717, 1.165) is 16.7 Å². The minimum absolute atomic E-state index is 0.0489. The first-order valence-electron chi connectivity index (χ1n) is 26.3. The van der Waals surface area contributed by atoms with E-state index in [0.29, 0.717) is 18.4 Å². The standard InChI is InChI=1S/C57H72N2O12/c1-22(2)16-33-39-28(9)26(7)20-31-18-24(5)12-14-35(60)44(62)37-38(48(65)54(31,39)52(68)58-33)50-56-41(46(37)71-50)30(11)47(64)57(70,51(56)67)42-43(56)49(66)55-32(19-25(6)13-15-36(61)45(42)63)21-27(8)29(10)40(55)34(17-23(3)4)59-53(55)69/h18-23,28-29,31-40,42-43,46,50,60-61,70H,12-17H2,1-11H3,(H,58,68)(H,59,69)/b24-18+,25-19-/t28-,29-,31+,32+,33+,34+,35-,36-,37+,38+,39+,40+,42+,43+,46+,50?,54+,55+,56?,57?/m1/s1. The van der Waals surface area contributed by atoms with Gasteiger partial charge in [-0.15, -0.1) is 0 Å². The van der Waals surface area contributed by atoms with Gasteiger partial charge in [0.15, 0.2) is 40.3 Å². The van der Waals surface area contributed by atoms with Gasteiger partial charge in [-0.3, -0.25) is 38.4 Å². The van der Waals surface area contributed by atoms with E-state index in [4.69, 9.17) is 4.74 Å². The molecule has 382 valence electrons. The highest BCUT2D eigenvalue weighted by Crippen LogP contribution is 2.74. The summed E-state index contributed by atoms with van der Waals surface area (Å²) in [5.41, 5.74) is -6.77. The maximum atomic E-state index is 17.2. The lowest BCUT2D eigenvalue weighted by Gasteiger charge is -2.51. The molecule has 3 unspecified atom stereocenters. The molecule has 0 aromatic carbocycles. The monoisotopic (exact) mass is 977 g/mol. The zero-order chi connectivity index (χ0) is 51.7. The molecule has 2 amide bonds. The zero-order valence-electron chi connectivity index (χ0n) is 43.0. The van der Waals surface area contributed by atoms with Crippen LogP contribution in [0.3, 0.4) is 0 Å². The normalized spacial score (nSPS) is 48.7. The Labute approximate surface area is 416 Å². The fourth-order valence-electron chi connectivity index (χ4n) is 17.0. The number of allylic oxidation sites excluding steroid dienone is 8. The van der Waals surface area contributed by atoms with Gasteiger partial charge in [0.25, 0.3) is 0 Å². The topological polar surface area (TPSA) is 231 Å². The van der Waals surface area contributed by atoms with Crippen molar-refractivity contribution in [3.05, 3.63) is 57.7 Å².